The number of aryl methyl sites for hydroxylation is 1. The molecule has 0 spiro atoms. The standard InChI is InChI=1S/C18H22N4O2/c1-12-5-10-17(22-21-12)19-15-4-2-3-13(11-15)18(24)20-14-6-8-16(23)9-7-14/h2-5,10-11,14,16,23H,6-9H2,1H3,(H,19,22)(H,20,24). The molecular weight excluding hydrogens is 304 g/mol. The van der Waals surface area contributed by atoms with E-state index in [2.05, 4.69) is 20.8 Å². The van der Waals surface area contributed by atoms with Crippen LogP contribution >= 0.6 is 0 Å². The number of benzene rings is 1. The highest BCUT2D eigenvalue weighted by atomic mass is 16.3. The van der Waals surface area contributed by atoms with E-state index in [1.807, 2.05) is 31.2 Å². The molecule has 3 N–H and O–H groups in total. The van der Waals surface area contributed by atoms with Crippen molar-refractivity contribution in [3.63, 3.8) is 0 Å². The highest BCUT2D eigenvalue weighted by Gasteiger charge is 2.21. The largest absolute Gasteiger partial charge is 0.393 e. The van der Waals surface area contributed by atoms with Crippen molar-refractivity contribution in [2.45, 2.75) is 44.8 Å². The van der Waals surface area contributed by atoms with Gasteiger partial charge < -0.3 is 15.7 Å². The van der Waals surface area contributed by atoms with Gasteiger partial charge in [0, 0.05) is 17.3 Å². The minimum Gasteiger partial charge on any atom is -0.393 e. The zero-order valence-corrected chi connectivity index (χ0v) is 13.7. The zero-order chi connectivity index (χ0) is 16.9. The van der Waals surface area contributed by atoms with Gasteiger partial charge in [-0.25, -0.2) is 0 Å². The SMILES string of the molecule is Cc1ccc(Nc2cccc(C(=O)NC3CCC(O)CC3)c2)nn1. The fourth-order valence-electron chi connectivity index (χ4n) is 2.84. The van der Waals surface area contributed by atoms with Gasteiger partial charge in [0.25, 0.3) is 5.91 Å². The van der Waals surface area contributed by atoms with Gasteiger partial charge in [-0.1, -0.05) is 6.07 Å². The van der Waals surface area contributed by atoms with Crippen molar-refractivity contribution >= 4 is 17.4 Å². The molecular formula is C18H22N4O2. The van der Waals surface area contributed by atoms with Gasteiger partial charge in [-0.2, -0.15) is 5.10 Å². The third-order valence-electron chi connectivity index (χ3n) is 4.23. The van der Waals surface area contributed by atoms with Gasteiger partial charge >= 0.3 is 0 Å². The lowest BCUT2D eigenvalue weighted by molar-refractivity contribution is 0.0867. The van der Waals surface area contributed by atoms with E-state index in [1.54, 1.807) is 12.1 Å². The quantitative estimate of drug-likeness (QED) is 0.804. The predicted molar refractivity (Wildman–Crippen MR) is 92.2 cm³/mol. The molecule has 3 rings (SSSR count). The van der Waals surface area contributed by atoms with E-state index in [1.165, 1.54) is 0 Å². The normalized spacial score (nSPS) is 20.4. The highest BCUT2D eigenvalue weighted by molar-refractivity contribution is 5.95. The van der Waals surface area contributed by atoms with E-state index in [0.29, 0.717) is 11.4 Å². The average Bonchev–Trinajstić information content (AvgIpc) is 2.59. The third kappa shape index (κ3) is 4.29. The molecule has 0 bridgehead atoms. The van der Waals surface area contributed by atoms with Gasteiger partial charge in [0.1, 0.15) is 0 Å². The van der Waals surface area contributed by atoms with Crippen LogP contribution in [0.3, 0.4) is 0 Å². The summed E-state index contributed by atoms with van der Waals surface area (Å²) >= 11 is 0. The van der Waals surface area contributed by atoms with Crippen LogP contribution in [0.5, 0.6) is 0 Å². The van der Waals surface area contributed by atoms with E-state index in [9.17, 15) is 9.90 Å². The molecule has 126 valence electrons. The number of aliphatic hydroxyl groups excluding tert-OH is 1. The van der Waals surface area contributed by atoms with E-state index >= 15 is 0 Å². The summed E-state index contributed by atoms with van der Waals surface area (Å²) in [7, 11) is 0. The molecule has 0 aliphatic heterocycles. The Bertz CT molecular complexity index is 694. The van der Waals surface area contributed by atoms with Crippen molar-refractivity contribution in [2.24, 2.45) is 0 Å². The zero-order valence-electron chi connectivity index (χ0n) is 13.7. The molecule has 0 unspecified atom stereocenters. The van der Waals surface area contributed by atoms with E-state index < -0.39 is 0 Å². The van der Waals surface area contributed by atoms with Crippen LogP contribution < -0.4 is 10.6 Å². The molecule has 1 aliphatic carbocycles. The molecule has 1 saturated carbocycles. The second-order valence-corrected chi connectivity index (χ2v) is 6.24. The molecule has 1 amide bonds. The number of nitrogens with one attached hydrogen (secondary N) is 2. The van der Waals surface area contributed by atoms with Crippen LogP contribution in [0.25, 0.3) is 0 Å². The summed E-state index contributed by atoms with van der Waals surface area (Å²) in [6.45, 7) is 1.88. The first-order chi connectivity index (χ1) is 11.6. The van der Waals surface area contributed by atoms with Crippen molar-refractivity contribution in [1.29, 1.82) is 0 Å². The Morgan fingerprint density at radius 1 is 1.12 bits per heavy atom. The minimum atomic E-state index is -0.221. The lowest BCUT2D eigenvalue weighted by Crippen LogP contribution is -2.38. The average molecular weight is 326 g/mol. The Morgan fingerprint density at radius 2 is 1.92 bits per heavy atom. The number of aromatic nitrogens is 2. The minimum absolute atomic E-state index is 0.0879. The molecule has 1 aliphatic rings. The maximum atomic E-state index is 12.4. The Hall–Kier alpha value is -2.47. The second kappa shape index (κ2) is 7.40. The van der Waals surface area contributed by atoms with Crippen LogP contribution in [-0.4, -0.2) is 33.4 Å². The first kappa shape index (κ1) is 16.4. The molecule has 0 saturated heterocycles. The smallest absolute Gasteiger partial charge is 0.251 e. The lowest BCUT2D eigenvalue weighted by Gasteiger charge is -2.26. The molecule has 6 heteroatoms. The first-order valence-electron chi connectivity index (χ1n) is 8.26. The van der Waals surface area contributed by atoms with Gasteiger partial charge in [0.15, 0.2) is 5.82 Å². The molecule has 0 atom stereocenters. The maximum Gasteiger partial charge on any atom is 0.251 e. The molecule has 6 nitrogen and oxygen atoms in total. The summed E-state index contributed by atoms with van der Waals surface area (Å²) in [5.41, 5.74) is 2.25. The number of anilines is 2. The summed E-state index contributed by atoms with van der Waals surface area (Å²) in [6.07, 6.45) is 2.92. The van der Waals surface area contributed by atoms with Crippen LogP contribution in [0.15, 0.2) is 36.4 Å². The van der Waals surface area contributed by atoms with Gasteiger partial charge in [-0.3, -0.25) is 4.79 Å². The number of amides is 1. The Balaban J connectivity index is 1.63. The van der Waals surface area contributed by atoms with Crippen molar-refractivity contribution in [3.05, 3.63) is 47.7 Å². The number of hydrogen-bond donors (Lipinski definition) is 3. The van der Waals surface area contributed by atoms with E-state index in [4.69, 9.17) is 0 Å². The molecule has 1 fully saturated rings. The highest BCUT2D eigenvalue weighted by Crippen LogP contribution is 2.20. The van der Waals surface area contributed by atoms with Gasteiger partial charge in [0.2, 0.25) is 0 Å². The predicted octanol–water partition coefficient (Wildman–Crippen LogP) is 2.56. The fourth-order valence-corrected chi connectivity index (χ4v) is 2.84. The number of nitrogens with zero attached hydrogens (tertiary/aromatic N) is 2. The van der Waals surface area contributed by atoms with Crippen molar-refractivity contribution in [2.75, 3.05) is 5.32 Å². The van der Waals surface area contributed by atoms with Gasteiger partial charge in [0.05, 0.1) is 11.8 Å². The number of carbonyl (C=O) groups excluding carboxylic acids is 1. The van der Waals surface area contributed by atoms with Crippen LogP contribution in [0, 0.1) is 6.92 Å². The number of aliphatic hydroxyl groups is 1. The second-order valence-electron chi connectivity index (χ2n) is 6.24. The molecule has 0 radical (unpaired) electrons. The topological polar surface area (TPSA) is 87.1 Å². The summed E-state index contributed by atoms with van der Waals surface area (Å²) in [4.78, 5) is 12.4. The molecule has 1 aromatic heterocycles. The Labute approximate surface area is 141 Å². The monoisotopic (exact) mass is 326 g/mol. The maximum absolute atomic E-state index is 12.4. The number of rotatable bonds is 4. The molecule has 2 aromatic rings. The van der Waals surface area contributed by atoms with Crippen LogP contribution in [-0.2, 0) is 0 Å². The fraction of sp³-hybridized carbons (Fsp3) is 0.389. The van der Waals surface area contributed by atoms with Crippen LogP contribution in [0.2, 0.25) is 0 Å². The Morgan fingerprint density at radius 3 is 2.62 bits per heavy atom. The lowest BCUT2D eigenvalue weighted by atomic mass is 9.93. The molecule has 24 heavy (non-hydrogen) atoms. The van der Waals surface area contributed by atoms with E-state index in [-0.39, 0.29) is 18.1 Å². The number of hydrogen-bond acceptors (Lipinski definition) is 5. The molecule has 1 heterocycles. The first-order valence-corrected chi connectivity index (χ1v) is 8.26. The van der Waals surface area contributed by atoms with Crippen molar-refractivity contribution in [3.8, 4) is 0 Å². The number of carbonyl (C=O) groups is 1. The van der Waals surface area contributed by atoms with Crippen molar-refractivity contribution < 1.29 is 9.90 Å². The van der Waals surface area contributed by atoms with Crippen LogP contribution in [0.1, 0.15) is 41.7 Å². The van der Waals surface area contributed by atoms with Gasteiger partial charge in [-0.15, -0.1) is 5.10 Å². The summed E-state index contributed by atoms with van der Waals surface area (Å²) in [6, 6.07) is 11.2. The third-order valence-corrected chi connectivity index (χ3v) is 4.23. The van der Waals surface area contributed by atoms with Gasteiger partial charge in [-0.05, 0) is 62.9 Å². The summed E-state index contributed by atoms with van der Waals surface area (Å²) < 4.78 is 0. The summed E-state index contributed by atoms with van der Waals surface area (Å²) in [5, 5.41) is 23.8. The summed E-state index contributed by atoms with van der Waals surface area (Å²) in [5.74, 6) is 0.550. The van der Waals surface area contributed by atoms with Crippen molar-refractivity contribution in [1.82, 2.24) is 15.5 Å². The molecule has 1 aromatic carbocycles. The van der Waals surface area contributed by atoms with E-state index in [0.717, 1.165) is 37.1 Å². The van der Waals surface area contributed by atoms with Crippen LogP contribution in [0.4, 0.5) is 11.5 Å². The Kier molecular flexibility index (Phi) is 5.05.